The summed E-state index contributed by atoms with van der Waals surface area (Å²) in [6.45, 7) is 2.06. The zero-order chi connectivity index (χ0) is 11.1. The van der Waals surface area contributed by atoms with Crippen molar-refractivity contribution in [1.82, 2.24) is 10.2 Å². The van der Waals surface area contributed by atoms with E-state index in [0.717, 1.165) is 18.7 Å². The number of rotatable bonds is 1. The van der Waals surface area contributed by atoms with Gasteiger partial charge in [-0.05, 0) is 44.2 Å². The maximum Gasteiger partial charge on any atom is 0.151 e. The Bertz CT molecular complexity index is 382. The van der Waals surface area contributed by atoms with Crippen LogP contribution in [0.4, 0.5) is 5.82 Å². The van der Waals surface area contributed by atoms with Crippen molar-refractivity contribution in [2.24, 2.45) is 0 Å². The summed E-state index contributed by atoms with van der Waals surface area (Å²) < 4.78 is 0. The number of aromatic nitrogens is 2. The van der Waals surface area contributed by atoms with Crippen molar-refractivity contribution in [2.75, 3.05) is 4.90 Å². The van der Waals surface area contributed by atoms with E-state index in [1.807, 2.05) is 0 Å². The first-order chi connectivity index (χ1) is 7.74. The largest absolute Gasteiger partial charge is 0.349 e. The average molecular weight is 238 g/mol. The molecule has 0 N–H and O–H groups in total. The van der Waals surface area contributed by atoms with E-state index in [1.165, 1.54) is 18.4 Å². The first kappa shape index (κ1) is 10.3. The molecule has 1 aromatic rings. The number of nitrogens with zero attached hydrogens (tertiary/aromatic N) is 3. The van der Waals surface area contributed by atoms with Crippen LogP contribution in [-0.2, 0) is 0 Å². The standard InChI is InChI=1S/C12H16ClN3/c1-8-4-12(15-14-7-8)16-10-2-3-11(16)6-9(13)5-10/h4,7,9-11H,2-3,5-6H2,1H3. The first-order valence-corrected chi connectivity index (χ1v) is 6.39. The van der Waals surface area contributed by atoms with Gasteiger partial charge in [0.15, 0.2) is 5.82 Å². The SMILES string of the molecule is Cc1cnnc(N2C3CCC2CC(Cl)C3)c1. The van der Waals surface area contributed by atoms with Crippen LogP contribution in [-0.4, -0.2) is 27.7 Å². The molecule has 1 aromatic heterocycles. The minimum absolute atomic E-state index is 0.353. The van der Waals surface area contributed by atoms with Crippen LogP contribution in [0.2, 0.25) is 0 Å². The molecule has 0 amide bonds. The molecule has 16 heavy (non-hydrogen) atoms. The molecule has 2 aliphatic rings. The number of alkyl halides is 1. The number of halogens is 1. The number of anilines is 1. The van der Waals surface area contributed by atoms with Crippen molar-refractivity contribution < 1.29 is 0 Å². The second-order valence-electron chi connectivity index (χ2n) is 4.95. The monoisotopic (exact) mass is 237 g/mol. The third-order valence-corrected chi connectivity index (χ3v) is 4.07. The van der Waals surface area contributed by atoms with Gasteiger partial charge in [-0.3, -0.25) is 0 Å². The quantitative estimate of drug-likeness (QED) is 0.703. The van der Waals surface area contributed by atoms with Gasteiger partial charge in [0, 0.05) is 17.5 Å². The summed E-state index contributed by atoms with van der Waals surface area (Å²) in [6, 6.07) is 3.29. The second kappa shape index (κ2) is 3.88. The Morgan fingerprint density at radius 1 is 1.31 bits per heavy atom. The molecule has 0 aliphatic carbocycles. The highest BCUT2D eigenvalue weighted by Gasteiger charge is 2.40. The van der Waals surface area contributed by atoms with Crippen molar-refractivity contribution in [1.29, 1.82) is 0 Å². The van der Waals surface area contributed by atoms with Crippen molar-refractivity contribution >= 4 is 17.4 Å². The van der Waals surface area contributed by atoms with Crippen LogP contribution in [0.1, 0.15) is 31.2 Å². The highest BCUT2D eigenvalue weighted by Crippen LogP contribution is 2.40. The summed E-state index contributed by atoms with van der Waals surface area (Å²) in [5.74, 6) is 1.04. The Morgan fingerprint density at radius 2 is 2.00 bits per heavy atom. The fraction of sp³-hybridized carbons (Fsp3) is 0.667. The molecule has 2 aliphatic heterocycles. The Hall–Kier alpha value is -0.830. The molecule has 2 fully saturated rings. The topological polar surface area (TPSA) is 29.0 Å². The number of hydrogen-bond acceptors (Lipinski definition) is 3. The maximum atomic E-state index is 6.27. The Morgan fingerprint density at radius 3 is 2.62 bits per heavy atom. The molecule has 2 atom stereocenters. The summed E-state index contributed by atoms with van der Waals surface area (Å²) in [5.41, 5.74) is 1.18. The summed E-state index contributed by atoms with van der Waals surface area (Å²) in [4.78, 5) is 2.44. The summed E-state index contributed by atoms with van der Waals surface area (Å²) in [6.07, 6.45) is 6.49. The van der Waals surface area contributed by atoms with E-state index in [0.29, 0.717) is 17.5 Å². The van der Waals surface area contributed by atoms with E-state index in [4.69, 9.17) is 11.6 Å². The van der Waals surface area contributed by atoms with Gasteiger partial charge < -0.3 is 4.90 Å². The molecule has 2 saturated heterocycles. The molecule has 3 nitrogen and oxygen atoms in total. The van der Waals surface area contributed by atoms with Crippen LogP contribution in [0.5, 0.6) is 0 Å². The minimum Gasteiger partial charge on any atom is -0.349 e. The van der Waals surface area contributed by atoms with E-state index < -0.39 is 0 Å². The van der Waals surface area contributed by atoms with Gasteiger partial charge in [0.2, 0.25) is 0 Å². The molecule has 2 unspecified atom stereocenters. The second-order valence-corrected chi connectivity index (χ2v) is 5.57. The summed E-state index contributed by atoms with van der Waals surface area (Å²) >= 11 is 6.27. The lowest BCUT2D eigenvalue weighted by Crippen LogP contribution is -2.44. The summed E-state index contributed by atoms with van der Waals surface area (Å²) in [7, 11) is 0. The van der Waals surface area contributed by atoms with Crippen molar-refractivity contribution in [3.63, 3.8) is 0 Å². The maximum absolute atomic E-state index is 6.27. The van der Waals surface area contributed by atoms with Crippen LogP contribution in [0.15, 0.2) is 12.3 Å². The molecular formula is C12H16ClN3. The van der Waals surface area contributed by atoms with Crippen molar-refractivity contribution in [3.05, 3.63) is 17.8 Å². The van der Waals surface area contributed by atoms with Crippen LogP contribution >= 0.6 is 11.6 Å². The number of aryl methyl sites for hydroxylation is 1. The van der Waals surface area contributed by atoms with Crippen molar-refractivity contribution in [3.8, 4) is 0 Å². The minimum atomic E-state index is 0.353. The molecule has 0 aromatic carbocycles. The van der Waals surface area contributed by atoms with Gasteiger partial charge in [0.25, 0.3) is 0 Å². The van der Waals surface area contributed by atoms with Crippen LogP contribution in [0.25, 0.3) is 0 Å². The van der Waals surface area contributed by atoms with Crippen LogP contribution < -0.4 is 4.90 Å². The molecule has 0 spiro atoms. The predicted molar refractivity (Wildman–Crippen MR) is 64.9 cm³/mol. The lowest BCUT2D eigenvalue weighted by atomic mass is 10.0. The van der Waals surface area contributed by atoms with E-state index in [-0.39, 0.29) is 0 Å². The third kappa shape index (κ3) is 1.67. The molecule has 3 heterocycles. The molecule has 0 saturated carbocycles. The van der Waals surface area contributed by atoms with Crippen LogP contribution in [0.3, 0.4) is 0 Å². The van der Waals surface area contributed by atoms with Gasteiger partial charge in [-0.2, -0.15) is 5.10 Å². The number of fused-ring (bicyclic) bond motifs is 2. The van der Waals surface area contributed by atoms with E-state index in [2.05, 4.69) is 28.1 Å². The number of hydrogen-bond donors (Lipinski definition) is 0. The molecule has 2 bridgehead atoms. The van der Waals surface area contributed by atoms with E-state index in [9.17, 15) is 0 Å². The lowest BCUT2D eigenvalue weighted by Gasteiger charge is -2.37. The Labute approximate surface area is 101 Å². The third-order valence-electron chi connectivity index (χ3n) is 3.72. The highest BCUT2D eigenvalue weighted by molar-refractivity contribution is 6.20. The first-order valence-electron chi connectivity index (χ1n) is 5.96. The van der Waals surface area contributed by atoms with E-state index >= 15 is 0 Å². The van der Waals surface area contributed by atoms with Gasteiger partial charge in [-0.25, -0.2) is 0 Å². The lowest BCUT2D eigenvalue weighted by molar-refractivity contribution is 0.469. The van der Waals surface area contributed by atoms with Crippen LogP contribution in [0, 0.1) is 6.92 Å². The number of piperidine rings is 1. The van der Waals surface area contributed by atoms with Gasteiger partial charge >= 0.3 is 0 Å². The zero-order valence-corrected chi connectivity index (χ0v) is 10.2. The Balaban J connectivity index is 1.91. The molecule has 4 heteroatoms. The molecule has 86 valence electrons. The van der Waals surface area contributed by atoms with Gasteiger partial charge in [-0.15, -0.1) is 16.7 Å². The normalized spacial score (nSPS) is 33.1. The zero-order valence-electron chi connectivity index (χ0n) is 9.43. The fourth-order valence-electron chi connectivity index (χ4n) is 3.06. The average Bonchev–Trinajstić information content (AvgIpc) is 2.51. The van der Waals surface area contributed by atoms with Gasteiger partial charge in [-0.1, -0.05) is 0 Å². The smallest absolute Gasteiger partial charge is 0.151 e. The molecule has 0 radical (unpaired) electrons. The highest BCUT2D eigenvalue weighted by atomic mass is 35.5. The summed E-state index contributed by atoms with van der Waals surface area (Å²) in [5, 5.41) is 8.67. The Kier molecular flexibility index (Phi) is 2.51. The van der Waals surface area contributed by atoms with Crippen molar-refractivity contribution in [2.45, 2.75) is 50.1 Å². The fourth-order valence-corrected chi connectivity index (χ4v) is 3.47. The molecule has 3 rings (SSSR count). The predicted octanol–water partition coefficient (Wildman–Crippen LogP) is 2.52. The molecular weight excluding hydrogens is 222 g/mol. The van der Waals surface area contributed by atoms with E-state index in [1.54, 1.807) is 6.20 Å². The van der Waals surface area contributed by atoms with Gasteiger partial charge in [0.05, 0.1) is 6.20 Å². The van der Waals surface area contributed by atoms with Gasteiger partial charge in [0.1, 0.15) is 0 Å².